The Labute approximate surface area is 150 Å². The zero-order valence-electron chi connectivity index (χ0n) is 17.2. The van der Waals surface area contributed by atoms with E-state index in [1.165, 1.54) is 38.5 Å². The van der Waals surface area contributed by atoms with Crippen LogP contribution in [0.25, 0.3) is 0 Å². The van der Waals surface area contributed by atoms with Crippen molar-refractivity contribution in [2.75, 3.05) is 19.6 Å². The second kappa shape index (κ2) is 6.97. The smallest absolute Gasteiger partial charge is 0.227 e. The van der Waals surface area contributed by atoms with Gasteiger partial charge in [-0.05, 0) is 71.3 Å². The van der Waals surface area contributed by atoms with Crippen LogP contribution in [0.3, 0.4) is 0 Å². The van der Waals surface area contributed by atoms with Gasteiger partial charge in [0.1, 0.15) is 0 Å². The van der Waals surface area contributed by atoms with Gasteiger partial charge in [0.05, 0.1) is 0 Å². The SMILES string of the molecule is CCN(C1CCC2(CC1)CCN(C(=O)C(C)(C)C)CC2)C(C)(C)C. The van der Waals surface area contributed by atoms with E-state index in [1.54, 1.807) is 0 Å². The molecule has 24 heavy (non-hydrogen) atoms. The van der Waals surface area contributed by atoms with Crippen LogP contribution in [0, 0.1) is 10.8 Å². The summed E-state index contributed by atoms with van der Waals surface area (Å²) >= 11 is 0. The van der Waals surface area contributed by atoms with Crippen molar-refractivity contribution in [2.45, 2.75) is 98.6 Å². The van der Waals surface area contributed by atoms with E-state index < -0.39 is 0 Å². The Kier molecular flexibility index (Phi) is 5.74. The van der Waals surface area contributed by atoms with Crippen LogP contribution in [0.15, 0.2) is 0 Å². The number of hydrogen-bond acceptors (Lipinski definition) is 2. The van der Waals surface area contributed by atoms with Crippen LogP contribution in [0.5, 0.6) is 0 Å². The number of nitrogens with zero attached hydrogens (tertiary/aromatic N) is 2. The molecule has 1 saturated heterocycles. The second-order valence-corrected chi connectivity index (χ2v) is 10.2. The molecule has 0 unspecified atom stereocenters. The second-order valence-electron chi connectivity index (χ2n) is 10.2. The predicted octanol–water partition coefficient (Wildman–Crippen LogP) is 4.70. The zero-order valence-corrected chi connectivity index (χ0v) is 17.2. The van der Waals surface area contributed by atoms with Gasteiger partial charge < -0.3 is 4.90 Å². The summed E-state index contributed by atoms with van der Waals surface area (Å²) in [6.07, 6.45) is 7.78. The van der Waals surface area contributed by atoms with E-state index in [0.717, 1.165) is 25.7 Å². The highest BCUT2D eigenvalue weighted by Gasteiger charge is 2.42. The van der Waals surface area contributed by atoms with Gasteiger partial charge in [-0.1, -0.05) is 27.7 Å². The maximum Gasteiger partial charge on any atom is 0.227 e. The maximum absolute atomic E-state index is 12.5. The maximum atomic E-state index is 12.5. The molecule has 1 aliphatic heterocycles. The van der Waals surface area contributed by atoms with Crippen molar-refractivity contribution in [2.24, 2.45) is 10.8 Å². The minimum Gasteiger partial charge on any atom is -0.342 e. The molecular weight excluding hydrogens is 296 g/mol. The third kappa shape index (κ3) is 4.33. The monoisotopic (exact) mass is 336 g/mol. The lowest BCUT2D eigenvalue weighted by Crippen LogP contribution is -2.52. The summed E-state index contributed by atoms with van der Waals surface area (Å²) in [4.78, 5) is 17.3. The molecule has 0 atom stereocenters. The minimum absolute atomic E-state index is 0.240. The van der Waals surface area contributed by atoms with Crippen molar-refractivity contribution in [3.63, 3.8) is 0 Å². The molecule has 1 amide bonds. The highest BCUT2D eigenvalue weighted by atomic mass is 16.2. The summed E-state index contributed by atoms with van der Waals surface area (Å²) in [6.45, 7) is 18.5. The van der Waals surface area contributed by atoms with E-state index in [2.05, 4.69) is 37.5 Å². The molecule has 0 aromatic rings. The first-order chi connectivity index (χ1) is 11.0. The third-order valence-electron chi connectivity index (χ3n) is 6.41. The number of likely N-dealkylation sites (tertiary alicyclic amines) is 1. The van der Waals surface area contributed by atoms with Crippen LogP contribution < -0.4 is 0 Å². The standard InChI is InChI=1S/C21H40N2O/c1-8-23(20(5,6)7)17-9-11-21(12-10-17)13-15-22(16-14-21)18(24)19(2,3)4/h17H,8-16H2,1-7H3. The number of amides is 1. The van der Waals surface area contributed by atoms with Gasteiger partial charge in [0, 0.05) is 30.1 Å². The van der Waals surface area contributed by atoms with Gasteiger partial charge in [-0.25, -0.2) is 0 Å². The first-order valence-electron chi connectivity index (χ1n) is 10.0. The highest BCUT2D eigenvalue weighted by molar-refractivity contribution is 5.81. The largest absolute Gasteiger partial charge is 0.342 e. The Morgan fingerprint density at radius 3 is 1.88 bits per heavy atom. The summed E-state index contributed by atoms with van der Waals surface area (Å²) in [7, 11) is 0. The summed E-state index contributed by atoms with van der Waals surface area (Å²) in [5.74, 6) is 0.330. The molecule has 2 fully saturated rings. The van der Waals surface area contributed by atoms with Gasteiger partial charge in [-0.15, -0.1) is 0 Å². The van der Waals surface area contributed by atoms with E-state index in [9.17, 15) is 4.79 Å². The number of hydrogen-bond donors (Lipinski definition) is 0. The Morgan fingerprint density at radius 2 is 1.50 bits per heavy atom. The predicted molar refractivity (Wildman–Crippen MR) is 102 cm³/mol. The van der Waals surface area contributed by atoms with Crippen molar-refractivity contribution < 1.29 is 4.79 Å². The Hall–Kier alpha value is -0.570. The van der Waals surface area contributed by atoms with Gasteiger partial charge in [0.2, 0.25) is 5.91 Å². The van der Waals surface area contributed by atoms with Crippen LogP contribution in [-0.2, 0) is 4.79 Å². The zero-order chi connectivity index (χ0) is 18.2. The number of piperidine rings is 1. The molecule has 2 aliphatic rings. The first-order valence-corrected chi connectivity index (χ1v) is 10.0. The van der Waals surface area contributed by atoms with Crippen molar-refractivity contribution in [3.8, 4) is 0 Å². The molecule has 1 aliphatic carbocycles. The van der Waals surface area contributed by atoms with Crippen molar-refractivity contribution in [1.82, 2.24) is 9.80 Å². The summed E-state index contributed by atoms with van der Waals surface area (Å²) in [5.41, 5.74) is 0.547. The van der Waals surface area contributed by atoms with Crippen LogP contribution in [0.2, 0.25) is 0 Å². The lowest BCUT2D eigenvalue weighted by molar-refractivity contribution is -0.142. The Morgan fingerprint density at radius 1 is 1.00 bits per heavy atom. The van der Waals surface area contributed by atoms with Crippen LogP contribution in [0.1, 0.15) is 87.0 Å². The lowest BCUT2D eigenvalue weighted by Gasteiger charge is -2.50. The van der Waals surface area contributed by atoms with Crippen molar-refractivity contribution >= 4 is 5.91 Å². The third-order valence-corrected chi connectivity index (χ3v) is 6.41. The van der Waals surface area contributed by atoms with Gasteiger partial charge in [0.25, 0.3) is 0 Å². The average molecular weight is 337 g/mol. The summed E-state index contributed by atoms with van der Waals surface area (Å²) in [5, 5.41) is 0. The van der Waals surface area contributed by atoms with Gasteiger partial charge >= 0.3 is 0 Å². The van der Waals surface area contributed by atoms with E-state index in [1.807, 2.05) is 20.8 Å². The van der Waals surface area contributed by atoms with E-state index >= 15 is 0 Å². The van der Waals surface area contributed by atoms with E-state index in [4.69, 9.17) is 0 Å². The van der Waals surface area contributed by atoms with Crippen molar-refractivity contribution in [1.29, 1.82) is 0 Å². The molecular formula is C21H40N2O. The normalized spacial score (nSPS) is 23.1. The molecule has 1 saturated carbocycles. The Bertz CT molecular complexity index is 426. The molecule has 2 rings (SSSR count). The summed E-state index contributed by atoms with van der Waals surface area (Å²) in [6, 6.07) is 0.745. The highest BCUT2D eigenvalue weighted by Crippen LogP contribution is 2.46. The van der Waals surface area contributed by atoms with E-state index in [-0.39, 0.29) is 11.0 Å². The molecule has 1 spiro atoms. The first kappa shape index (κ1) is 19.8. The molecule has 3 nitrogen and oxygen atoms in total. The molecule has 0 aromatic heterocycles. The molecule has 0 N–H and O–H groups in total. The van der Waals surface area contributed by atoms with E-state index in [0.29, 0.717) is 11.3 Å². The van der Waals surface area contributed by atoms with Crippen LogP contribution in [0.4, 0.5) is 0 Å². The van der Waals surface area contributed by atoms with Gasteiger partial charge in [-0.3, -0.25) is 9.69 Å². The average Bonchev–Trinajstić information content (AvgIpc) is 2.48. The van der Waals surface area contributed by atoms with Gasteiger partial charge in [-0.2, -0.15) is 0 Å². The minimum atomic E-state index is -0.240. The van der Waals surface area contributed by atoms with Crippen LogP contribution >= 0.6 is 0 Å². The molecule has 140 valence electrons. The summed E-state index contributed by atoms with van der Waals surface area (Å²) < 4.78 is 0. The number of carbonyl (C=O) groups is 1. The van der Waals surface area contributed by atoms with Gasteiger partial charge in [0.15, 0.2) is 0 Å². The number of carbonyl (C=O) groups excluding carboxylic acids is 1. The molecule has 3 heteroatoms. The molecule has 0 bridgehead atoms. The fourth-order valence-electron chi connectivity index (χ4n) is 4.97. The topological polar surface area (TPSA) is 23.6 Å². The Balaban J connectivity index is 1.90. The fraction of sp³-hybridized carbons (Fsp3) is 0.952. The molecule has 0 aromatic carbocycles. The number of rotatable bonds is 2. The fourth-order valence-corrected chi connectivity index (χ4v) is 4.97. The molecule has 1 heterocycles. The van der Waals surface area contributed by atoms with Crippen molar-refractivity contribution in [3.05, 3.63) is 0 Å². The lowest BCUT2D eigenvalue weighted by atomic mass is 9.66. The quantitative estimate of drug-likeness (QED) is 0.729. The molecule has 0 radical (unpaired) electrons. The van der Waals surface area contributed by atoms with Crippen LogP contribution in [-0.4, -0.2) is 46.9 Å².